The van der Waals surface area contributed by atoms with Gasteiger partial charge in [-0.3, -0.25) is 13.8 Å². The largest absolute Gasteiger partial charge is 0.472 e. The number of phosphoric acid groups is 1. The summed E-state index contributed by atoms with van der Waals surface area (Å²) < 4.78 is 33.3. The van der Waals surface area contributed by atoms with Crippen molar-refractivity contribution in [3.63, 3.8) is 0 Å². The van der Waals surface area contributed by atoms with Crippen LogP contribution in [0, 0.1) is 0 Å². The van der Waals surface area contributed by atoms with Crippen LogP contribution in [0.5, 0.6) is 0 Å². The number of esters is 1. The van der Waals surface area contributed by atoms with Crippen molar-refractivity contribution in [2.45, 2.75) is 199 Å². The van der Waals surface area contributed by atoms with Crippen LogP contribution in [0.15, 0.2) is 24.3 Å². The van der Waals surface area contributed by atoms with Crippen molar-refractivity contribution in [2.75, 3.05) is 33.0 Å². The third-order valence-electron chi connectivity index (χ3n) is 9.11. The molecule has 0 amide bonds. The highest BCUT2D eigenvalue weighted by Gasteiger charge is 2.25. The molecule has 0 aromatic heterocycles. The van der Waals surface area contributed by atoms with E-state index in [9.17, 15) is 29.6 Å². The first-order valence-corrected chi connectivity index (χ1v) is 22.6. The molecule has 314 valence electrons. The third kappa shape index (κ3) is 36.3. The smallest absolute Gasteiger partial charge is 0.457 e. The summed E-state index contributed by atoms with van der Waals surface area (Å²) in [7, 11) is -4.33. The van der Waals surface area contributed by atoms with E-state index >= 15 is 0 Å². The maximum absolute atomic E-state index is 12.6. The highest BCUT2D eigenvalue weighted by molar-refractivity contribution is 7.47. The first kappa shape index (κ1) is 51.9. The van der Waals surface area contributed by atoms with Gasteiger partial charge in [0, 0.05) is 19.6 Å². The Labute approximate surface area is 323 Å². The topological polar surface area (TPSA) is 178 Å². The highest BCUT2D eigenvalue weighted by atomic mass is 31.2. The quantitative estimate of drug-likeness (QED) is 0.0174. The van der Waals surface area contributed by atoms with Crippen LogP contribution < -0.4 is 5.73 Å². The zero-order valence-corrected chi connectivity index (χ0v) is 34.5. The van der Waals surface area contributed by atoms with Gasteiger partial charge >= 0.3 is 13.8 Å². The average molecular weight is 778 g/mol. The van der Waals surface area contributed by atoms with Gasteiger partial charge in [0.25, 0.3) is 0 Å². The Morgan fingerprint density at radius 1 is 0.660 bits per heavy atom. The van der Waals surface area contributed by atoms with Gasteiger partial charge in [-0.25, -0.2) is 4.57 Å². The zero-order valence-electron chi connectivity index (χ0n) is 33.6. The number of carbonyl (C=O) groups is 1. The number of unbranched alkanes of at least 4 members (excludes halogenated alkanes) is 18. The lowest BCUT2D eigenvalue weighted by atomic mass is 10.0. The van der Waals surface area contributed by atoms with E-state index in [0.717, 1.165) is 70.6 Å². The van der Waals surface area contributed by atoms with Gasteiger partial charge in [-0.1, -0.05) is 141 Å². The van der Waals surface area contributed by atoms with Crippen molar-refractivity contribution < 1.29 is 48.1 Å². The fourth-order valence-electron chi connectivity index (χ4n) is 5.80. The van der Waals surface area contributed by atoms with Crippen molar-refractivity contribution in [3.05, 3.63) is 24.3 Å². The van der Waals surface area contributed by atoms with Crippen LogP contribution in [0.25, 0.3) is 0 Å². The molecule has 0 aromatic carbocycles. The Morgan fingerprint density at radius 3 is 1.85 bits per heavy atom. The van der Waals surface area contributed by atoms with Crippen LogP contribution in [0.2, 0.25) is 0 Å². The van der Waals surface area contributed by atoms with E-state index in [2.05, 4.69) is 26.0 Å². The average Bonchev–Trinajstić information content (AvgIpc) is 3.14. The Bertz CT molecular complexity index is 921. The van der Waals surface area contributed by atoms with Crippen LogP contribution >= 0.6 is 7.82 Å². The molecule has 0 aliphatic rings. The maximum atomic E-state index is 12.6. The molecular weight excluding hydrogens is 697 g/mol. The van der Waals surface area contributed by atoms with Gasteiger partial charge < -0.3 is 35.4 Å². The standard InChI is InChI=1S/C41H80NO10P/c1-3-5-7-8-9-10-11-12-13-14-15-16-17-18-22-26-33-49-35-38(36-51-53(47,48)50-34-32-42)52-41(46)29-25-21-19-20-24-27-37(43)30-31-40(45)39(44)28-23-6-4-2/h12-13,30-31,37-40,43-45H,3-11,14-29,32-36,42H2,1-2H3,(H,47,48)/b13-12-,31-30+. The van der Waals surface area contributed by atoms with E-state index in [-0.39, 0.29) is 32.8 Å². The van der Waals surface area contributed by atoms with Crippen molar-refractivity contribution in [1.82, 2.24) is 0 Å². The van der Waals surface area contributed by atoms with Crippen LogP contribution in [-0.2, 0) is 27.9 Å². The molecule has 53 heavy (non-hydrogen) atoms. The maximum Gasteiger partial charge on any atom is 0.472 e. The monoisotopic (exact) mass is 778 g/mol. The predicted octanol–water partition coefficient (Wildman–Crippen LogP) is 8.99. The molecule has 0 saturated carbocycles. The van der Waals surface area contributed by atoms with Crippen LogP contribution in [0.3, 0.4) is 0 Å². The highest BCUT2D eigenvalue weighted by Crippen LogP contribution is 2.43. The molecule has 5 atom stereocenters. The fourth-order valence-corrected chi connectivity index (χ4v) is 6.57. The van der Waals surface area contributed by atoms with Crippen molar-refractivity contribution >= 4 is 13.8 Å². The Balaban J connectivity index is 4.22. The second-order valence-corrected chi connectivity index (χ2v) is 15.8. The summed E-state index contributed by atoms with van der Waals surface area (Å²) in [5, 5.41) is 30.2. The first-order valence-electron chi connectivity index (χ1n) is 21.1. The summed E-state index contributed by atoms with van der Waals surface area (Å²) in [5.41, 5.74) is 5.35. The van der Waals surface area contributed by atoms with E-state index < -0.39 is 38.2 Å². The molecule has 5 unspecified atom stereocenters. The van der Waals surface area contributed by atoms with Gasteiger partial charge in [-0.05, 0) is 51.4 Å². The molecule has 0 rings (SSSR count). The molecule has 0 saturated heterocycles. The molecule has 0 fully saturated rings. The normalized spacial score (nSPS) is 15.5. The van der Waals surface area contributed by atoms with Crippen LogP contribution in [-0.4, -0.2) is 83.6 Å². The molecule has 0 spiro atoms. The molecule has 0 aromatic rings. The Kier molecular flexibility index (Phi) is 37.0. The van der Waals surface area contributed by atoms with Gasteiger partial charge in [-0.15, -0.1) is 0 Å². The number of rotatable bonds is 40. The molecule has 0 aliphatic heterocycles. The Hall–Kier alpha value is -1.14. The third-order valence-corrected chi connectivity index (χ3v) is 10.1. The van der Waals surface area contributed by atoms with E-state index in [0.29, 0.717) is 25.9 Å². The summed E-state index contributed by atoms with van der Waals surface area (Å²) >= 11 is 0. The molecule has 12 heteroatoms. The number of nitrogens with two attached hydrogens (primary N) is 1. The van der Waals surface area contributed by atoms with Gasteiger partial charge in [0.05, 0.1) is 38.1 Å². The minimum atomic E-state index is -4.33. The lowest BCUT2D eigenvalue weighted by Gasteiger charge is -2.20. The zero-order chi connectivity index (χ0) is 39.3. The SMILES string of the molecule is CCCCCCCC/C=C\CCCCCCCCOCC(COP(=O)(O)OCCN)OC(=O)CCCCCCCC(O)/C=C/C(O)C(O)CCCCC. The summed E-state index contributed by atoms with van der Waals surface area (Å²) in [4.78, 5) is 22.4. The first-order chi connectivity index (χ1) is 25.6. The number of ether oxygens (including phenoxy) is 2. The molecule has 6 N–H and O–H groups in total. The minimum absolute atomic E-state index is 0.0549. The summed E-state index contributed by atoms with van der Waals surface area (Å²) in [6.45, 7) is 4.50. The number of allylic oxidation sites excluding steroid dienone is 2. The Morgan fingerprint density at radius 2 is 1.21 bits per heavy atom. The number of aliphatic hydroxyl groups is 3. The second kappa shape index (κ2) is 37.8. The number of hydrogen-bond acceptors (Lipinski definition) is 10. The number of phosphoric ester groups is 1. The molecule has 0 bridgehead atoms. The summed E-state index contributed by atoms with van der Waals surface area (Å²) in [6, 6.07) is 0. The van der Waals surface area contributed by atoms with E-state index in [1.165, 1.54) is 70.3 Å². The van der Waals surface area contributed by atoms with E-state index in [1.807, 2.05) is 0 Å². The van der Waals surface area contributed by atoms with Gasteiger partial charge in [0.15, 0.2) is 0 Å². The molecule has 0 radical (unpaired) electrons. The number of aliphatic hydroxyl groups excluding tert-OH is 3. The second-order valence-electron chi connectivity index (χ2n) is 14.3. The molecule has 11 nitrogen and oxygen atoms in total. The van der Waals surface area contributed by atoms with Gasteiger partial charge in [-0.2, -0.15) is 0 Å². The van der Waals surface area contributed by atoms with E-state index in [1.54, 1.807) is 6.08 Å². The molecule has 0 aliphatic carbocycles. The van der Waals surface area contributed by atoms with Gasteiger partial charge in [0.2, 0.25) is 0 Å². The van der Waals surface area contributed by atoms with Crippen molar-refractivity contribution in [2.24, 2.45) is 5.73 Å². The fraction of sp³-hybridized carbons (Fsp3) is 0.878. The lowest BCUT2D eigenvalue weighted by molar-refractivity contribution is -0.154. The predicted molar refractivity (Wildman–Crippen MR) is 215 cm³/mol. The molecular formula is C41H80NO10P. The van der Waals surface area contributed by atoms with E-state index in [4.69, 9.17) is 24.3 Å². The lowest BCUT2D eigenvalue weighted by Crippen LogP contribution is -2.28. The number of carbonyl (C=O) groups excluding carboxylic acids is 1. The number of hydrogen-bond donors (Lipinski definition) is 5. The van der Waals surface area contributed by atoms with Crippen molar-refractivity contribution in [3.8, 4) is 0 Å². The van der Waals surface area contributed by atoms with Crippen LogP contribution in [0.4, 0.5) is 0 Å². The van der Waals surface area contributed by atoms with Crippen molar-refractivity contribution in [1.29, 1.82) is 0 Å². The van der Waals surface area contributed by atoms with Gasteiger partial charge in [0.1, 0.15) is 6.10 Å². The summed E-state index contributed by atoms with van der Waals surface area (Å²) in [6.07, 6.45) is 29.8. The molecule has 0 heterocycles. The van der Waals surface area contributed by atoms with Crippen LogP contribution in [0.1, 0.15) is 174 Å². The summed E-state index contributed by atoms with van der Waals surface area (Å²) in [5.74, 6) is -0.425. The minimum Gasteiger partial charge on any atom is -0.457 e.